The number of rotatable bonds is 3. The molecule has 2 aromatic heterocycles. The Hall–Kier alpha value is -2.96. The molecule has 27 heavy (non-hydrogen) atoms. The van der Waals surface area contributed by atoms with Crippen LogP contribution in [0.3, 0.4) is 0 Å². The van der Waals surface area contributed by atoms with Crippen molar-refractivity contribution in [2.45, 2.75) is 6.92 Å². The maximum atomic E-state index is 12.3. The highest BCUT2D eigenvalue weighted by molar-refractivity contribution is 7.13. The first-order chi connectivity index (χ1) is 13.0. The Morgan fingerprint density at radius 2 is 1.93 bits per heavy atom. The maximum absolute atomic E-state index is 12.3. The molecule has 0 radical (unpaired) electrons. The lowest BCUT2D eigenvalue weighted by Crippen LogP contribution is -2.02. The van der Waals surface area contributed by atoms with Crippen LogP contribution in [0.4, 0.5) is 0 Å². The SMILES string of the molecule is CC(=O)Oc1ccc(-c2csc(-c3cc4cc(Cl)ccc4oc3=O)n2)cc1. The number of benzene rings is 2. The van der Waals surface area contributed by atoms with Gasteiger partial charge in [-0.05, 0) is 48.5 Å². The number of carbonyl (C=O) groups is 1. The van der Waals surface area contributed by atoms with Gasteiger partial charge in [0.05, 0.1) is 11.3 Å². The van der Waals surface area contributed by atoms with Crippen LogP contribution in [0, 0.1) is 0 Å². The number of esters is 1. The Bertz CT molecular complexity index is 1210. The summed E-state index contributed by atoms with van der Waals surface area (Å²) in [6.45, 7) is 1.35. The molecule has 7 heteroatoms. The summed E-state index contributed by atoms with van der Waals surface area (Å²) in [5.41, 5.74) is 1.98. The fraction of sp³-hybridized carbons (Fsp3) is 0.0500. The molecule has 2 heterocycles. The summed E-state index contributed by atoms with van der Waals surface area (Å²) in [6.07, 6.45) is 0. The van der Waals surface area contributed by atoms with Crippen molar-refractivity contribution in [1.29, 1.82) is 0 Å². The van der Waals surface area contributed by atoms with Crippen molar-refractivity contribution in [2.24, 2.45) is 0 Å². The maximum Gasteiger partial charge on any atom is 0.346 e. The van der Waals surface area contributed by atoms with Crippen molar-refractivity contribution in [3.05, 3.63) is 69.4 Å². The monoisotopic (exact) mass is 397 g/mol. The van der Waals surface area contributed by atoms with Crippen molar-refractivity contribution in [2.75, 3.05) is 0 Å². The van der Waals surface area contributed by atoms with E-state index >= 15 is 0 Å². The summed E-state index contributed by atoms with van der Waals surface area (Å²) in [6, 6.07) is 13.8. The van der Waals surface area contributed by atoms with Gasteiger partial charge in [-0.15, -0.1) is 11.3 Å². The Balaban J connectivity index is 1.70. The molecule has 0 amide bonds. The highest BCUT2D eigenvalue weighted by Crippen LogP contribution is 2.30. The Morgan fingerprint density at radius 1 is 1.15 bits per heavy atom. The molecule has 0 bridgehead atoms. The molecular formula is C20H12ClNO4S. The molecule has 0 unspecified atom stereocenters. The van der Waals surface area contributed by atoms with Crippen LogP contribution in [0.25, 0.3) is 32.8 Å². The third-order valence-corrected chi connectivity index (χ3v) is 4.95. The predicted molar refractivity (Wildman–Crippen MR) is 105 cm³/mol. The number of aromatic nitrogens is 1. The lowest BCUT2D eigenvalue weighted by Gasteiger charge is -2.02. The number of halogens is 1. The Kier molecular flexibility index (Phi) is 4.51. The standard InChI is InChI=1S/C20H12ClNO4S/c1-11(23)25-15-5-2-12(3-6-15)17-10-27-19(22-17)16-9-13-8-14(21)4-7-18(13)26-20(16)24/h2-10H,1H3. The average Bonchev–Trinajstić information content (AvgIpc) is 3.11. The summed E-state index contributed by atoms with van der Waals surface area (Å²) >= 11 is 7.37. The summed E-state index contributed by atoms with van der Waals surface area (Å²) in [7, 11) is 0. The van der Waals surface area contributed by atoms with Crippen molar-refractivity contribution >= 4 is 39.9 Å². The van der Waals surface area contributed by atoms with Crippen LogP contribution in [0.15, 0.2) is 63.1 Å². The van der Waals surface area contributed by atoms with Crippen molar-refractivity contribution < 1.29 is 13.9 Å². The summed E-state index contributed by atoms with van der Waals surface area (Å²) in [4.78, 5) is 27.9. The van der Waals surface area contributed by atoms with Gasteiger partial charge in [0, 0.05) is 28.3 Å². The van der Waals surface area contributed by atoms with Gasteiger partial charge in [0.15, 0.2) is 0 Å². The van der Waals surface area contributed by atoms with E-state index in [1.807, 2.05) is 5.38 Å². The molecule has 0 atom stereocenters. The first kappa shape index (κ1) is 17.5. The molecule has 4 rings (SSSR count). The number of carbonyl (C=O) groups excluding carboxylic acids is 1. The molecule has 0 fully saturated rings. The molecule has 0 aliphatic rings. The van der Waals surface area contributed by atoms with Crippen LogP contribution in [-0.2, 0) is 4.79 Å². The van der Waals surface area contributed by atoms with E-state index in [9.17, 15) is 9.59 Å². The zero-order chi connectivity index (χ0) is 19.0. The van der Waals surface area contributed by atoms with Gasteiger partial charge in [0.25, 0.3) is 0 Å². The molecule has 134 valence electrons. The number of hydrogen-bond donors (Lipinski definition) is 0. The third-order valence-electron chi connectivity index (χ3n) is 3.84. The minimum Gasteiger partial charge on any atom is -0.427 e. The molecular weight excluding hydrogens is 386 g/mol. The molecule has 0 aliphatic heterocycles. The van der Waals surface area contributed by atoms with E-state index in [4.69, 9.17) is 20.8 Å². The van der Waals surface area contributed by atoms with Gasteiger partial charge in [-0.3, -0.25) is 4.79 Å². The van der Waals surface area contributed by atoms with Crippen LogP contribution in [0.1, 0.15) is 6.92 Å². The van der Waals surface area contributed by atoms with Crippen LogP contribution in [0.5, 0.6) is 5.75 Å². The van der Waals surface area contributed by atoms with E-state index in [-0.39, 0.29) is 5.97 Å². The van der Waals surface area contributed by atoms with Crippen LogP contribution in [0.2, 0.25) is 5.02 Å². The quantitative estimate of drug-likeness (QED) is 0.271. The van der Waals surface area contributed by atoms with E-state index in [0.29, 0.717) is 26.9 Å². The van der Waals surface area contributed by atoms with Gasteiger partial charge >= 0.3 is 11.6 Å². The number of ether oxygens (including phenoxy) is 1. The number of fused-ring (bicyclic) bond motifs is 1. The molecule has 4 aromatic rings. The van der Waals surface area contributed by atoms with Crippen molar-refractivity contribution in [3.63, 3.8) is 0 Å². The van der Waals surface area contributed by atoms with E-state index in [1.54, 1.807) is 48.5 Å². The summed E-state index contributed by atoms with van der Waals surface area (Å²) in [5.74, 6) is 0.0931. The van der Waals surface area contributed by atoms with Gasteiger partial charge < -0.3 is 9.15 Å². The zero-order valence-electron chi connectivity index (χ0n) is 14.1. The third kappa shape index (κ3) is 3.63. The number of nitrogens with zero attached hydrogens (tertiary/aromatic N) is 1. The van der Waals surface area contributed by atoms with Crippen LogP contribution < -0.4 is 10.4 Å². The second-order valence-corrected chi connectivity index (χ2v) is 7.08. The summed E-state index contributed by atoms with van der Waals surface area (Å²) < 4.78 is 10.4. The zero-order valence-corrected chi connectivity index (χ0v) is 15.6. The van der Waals surface area contributed by atoms with Crippen molar-refractivity contribution in [1.82, 2.24) is 4.98 Å². The topological polar surface area (TPSA) is 69.4 Å². The fourth-order valence-corrected chi connectivity index (χ4v) is 3.65. The van der Waals surface area contributed by atoms with Gasteiger partial charge in [-0.25, -0.2) is 9.78 Å². The van der Waals surface area contributed by atoms with Crippen LogP contribution >= 0.6 is 22.9 Å². The van der Waals surface area contributed by atoms with E-state index < -0.39 is 5.63 Å². The van der Waals surface area contributed by atoms with Gasteiger partial charge in [-0.2, -0.15) is 0 Å². The lowest BCUT2D eigenvalue weighted by atomic mass is 10.1. The number of thiazole rings is 1. The lowest BCUT2D eigenvalue weighted by molar-refractivity contribution is -0.131. The van der Waals surface area contributed by atoms with Gasteiger partial charge in [-0.1, -0.05) is 11.6 Å². The molecule has 0 N–H and O–H groups in total. The minimum atomic E-state index is -0.448. The fourth-order valence-electron chi connectivity index (χ4n) is 2.63. The first-order valence-corrected chi connectivity index (χ1v) is 9.23. The molecule has 0 saturated carbocycles. The number of hydrogen-bond acceptors (Lipinski definition) is 6. The highest BCUT2D eigenvalue weighted by Gasteiger charge is 2.13. The molecule has 0 saturated heterocycles. The molecule has 0 aliphatic carbocycles. The highest BCUT2D eigenvalue weighted by atomic mass is 35.5. The second kappa shape index (κ2) is 6.98. The molecule has 0 spiro atoms. The van der Waals surface area contributed by atoms with E-state index in [0.717, 1.165) is 16.6 Å². The normalized spacial score (nSPS) is 10.9. The van der Waals surface area contributed by atoms with Gasteiger partial charge in [0.2, 0.25) is 0 Å². The van der Waals surface area contributed by atoms with Gasteiger partial charge in [0.1, 0.15) is 16.3 Å². The largest absolute Gasteiger partial charge is 0.427 e. The molecule has 5 nitrogen and oxygen atoms in total. The average molecular weight is 398 g/mol. The second-order valence-electron chi connectivity index (χ2n) is 5.79. The smallest absolute Gasteiger partial charge is 0.346 e. The molecule has 2 aromatic carbocycles. The predicted octanol–water partition coefficient (Wildman–Crippen LogP) is 5.16. The Labute approximate surface area is 162 Å². The van der Waals surface area contributed by atoms with E-state index in [2.05, 4.69) is 4.98 Å². The first-order valence-electron chi connectivity index (χ1n) is 7.98. The minimum absolute atomic E-state index is 0.373. The van der Waals surface area contributed by atoms with Crippen LogP contribution in [-0.4, -0.2) is 11.0 Å². The van der Waals surface area contributed by atoms with E-state index in [1.165, 1.54) is 18.3 Å². The Morgan fingerprint density at radius 3 is 2.67 bits per heavy atom. The van der Waals surface area contributed by atoms with Crippen molar-refractivity contribution in [3.8, 4) is 27.6 Å². The summed E-state index contributed by atoms with van der Waals surface area (Å²) in [5, 5.41) is 3.72.